The number of nitrogens with one attached hydrogen (secondary N) is 1. The van der Waals surface area contributed by atoms with Crippen molar-refractivity contribution in [2.75, 3.05) is 159 Å². The highest BCUT2D eigenvalue weighted by Crippen LogP contribution is 2.44. The number of amides is 2. The first-order valence-corrected chi connectivity index (χ1v) is 19.3. The predicted octanol–water partition coefficient (Wildman–Crippen LogP) is 2.23. The number of rotatable bonds is 36. The van der Waals surface area contributed by atoms with Crippen molar-refractivity contribution < 1.29 is 71.6 Å². The Hall–Kier alpha value is -3.75. The van der Waals surface area contributed by atoms with Gasteiger partial charge in [-0.3, -0.25) is 4.79 Å². The van der Waals surface area contributed by atoms with E-state index in [2.05, 4.69) is 34.3 Å². The fourth-order valence-electron chi connectivity index (χ4n) is 5.40. The van der Waals surface area contributed by atoms with Gasteiger partial charge >= 0.3 is 12.1 Å². The van der Waals surface area contributed by atoms with Crippen molar-refractivity contribution >= 4 is 18.0 Å². The molecule has 0 saturated carbocycles. The van der Waals surface area contributed by atoms with Crippen molar-refractivity contribution in [1.29, 1.82) is 0 Å². The third-order valence-electron chi connectivity index (χ3n) is 8.22. The Kier molecular flexibility index (Phi) is 26.1. The molecule has 0 heterocycles. The number of carboxylic acid groups (broad SMARTS) is 1. The number of carboxylic acids is 1. The quantitative estimate of drug-likeness (QED) is 0.0954. The summed E-state index contributed by atoms with van der Waals surface area (Å²) < 4.78 is 59.6. The van der Waals surface area contributed by atoms with Gasteiger partial charge in [0, 0.05) is 26.1 Å². The summed E-state index contributed by atoms with van der Waals surface area (Å²) in [5.74, 6) is -1.50. The molecule has 0 spiro atoms. The van der Waals surface area contributed by atoms with E-state index in [-0.39, 0.29) is 25.2 Å². The summed E-state index contributed by atoms with van der Waals surface area (Å²) in [5.41, 5.74) is 4.77. The number of likely N-dealkylation sites (N-methyl/N-ethyl adjacent to an activating group) is 1. The zero-order chi connectivity index (χ0) is 40.6. The zero-order valence-electron chi connectivity index (χ0n) is 33.1. The molecule has 0 radical (unpaired) electrons. The van der Waals surface area contributed by atoms with Crippen molar-refractivity contribution in [1.82, 2.24) is 10.2 Å². The second-order valence-electron chi connectivity index (χ2n) is 12.5. The molecule has 1 aliphatic carbocycles. The minimum Gasteiger partial charge on any atom is -0.480 e. The molecule has 2 aromatic rings. The lowest BCUT2D eigenvalue weighted by atomic mass is 9.98. The van der Waals surface area contributed by atoms with E-state index >= 15 is 0 Å². The SMILES string of the molecule is CN(CCOCCOCCOCCOCCOCCOCCOCCOCCOCCNC(=O)COCC(=O)O)C(=O)OCC1c2ccccc2-c2ccccc21. The van der Waals surface area contributed by atoms with Gasteiger partial charge in [0.25, 0.3) is 0 Å². The summed E-state index contributed by atoms with van der Waals surface area (Å²) >= 11 is 0. The maximum atomic E-state index is 12.6. The normalized spacial score (nSPS) is 12.0. The predicted molar refractivity (Wildman–Crippen MR) is 207 cm³/mol. The Morgan fingerprint density at radius 1 is 0.544 bits per heavy atom. The van der Waals surface area contributed by atoms with Crippen LogP contribution in [0.3, 0.4) is 0 Å². The van der Waals surface area contributed by atoms with E-state index in [0.29, 0.717) is 132 Å². The third-order valence-corrected chi connectivity index (χ3v) is 8.22. The molecule has 2 amide bonds. The second-order valence-corrected chi connectivity index (χ2v) is 12.5. The highest BCUT2D eigenvalue weighted by Gasteiger charge is 2.29. The van der Waals surface area contributed by atoms with Gasteiger partial charge in [0.05, 0.1) is 119 Å². The van der Waals surface area contributed by atoms with Gasteiger partial charge in [-0.1, -0.05) is 48.5 Å². The molecule has 0 unspecified atom stereocenters. The van der Waals surface area contributed by atoms with Crippen LogP contribution in [-0.4, -0.2) is 187 Å². The lowest BCUT2D eigenvalue weighted by molar-refractivity contribution is -0.143. The molecule has 0 aromatic heterocycles. The molecule has 17 nitrogen and oxygen atoms in total. The van der Waals surface area contributed by atoms with Gasteiger partial charge in [-0.05, 0) is 22.3 Å². The zero-order valence-corrected chi connectivity index (χ0v) is 33.1. The maximum absolute atomic E-state index is 12.6. The molecular formula is C40H60N2O15. The Bertz CT molecular complexity index is 1340. The van der Waals surface area contributed by atoms with Crippen LogP contribution < -0.4 is 5.32 Å². The lowest BCUT2D eigenvalue weighted by Crippen LogP contribution is -2.32. The summed E-state index contributed by atoms with van der Waals surface area (Å²) in [6, 6.07) is 16.5. The van der Waals surface area contributed by atoms with E-state index in [0.717, 1.165) is 0 Å². The first kappa shape index (κ1) is 47.6. The molecule has 0 bridgehead atoms. The largest absolute Gasteiger partial charge is 0.480 e. The van der Waals surface area contributed by atoms with Gasteiger partial charge in [-0.25, -0.2) is 9.59 Å². The number of hydrogen-bond donors (Lipinski definition) is 2. The van der Waals surface area contributed by atoms with Crippen molar-refractivity contribution in [3.8, 4) is 11.1 Å². The summed E-state index contributed by atoms with van der Waals surface area (Å²) in [4.78, 5) is 35.8. The molecule has 0 saturated heterocycles. The molecule has 0 atom stereocenters. The number of carbonyl (C=O) groups is 3. The van der Waals surface area contributed by atoms with Gasteiger partial charge in [0.15, 0.2) is 0 Å². The summed E-state index contributed by atoms with van der Waals surface area (Å²) in [6.45, 7) is 7.91. The van der Waals surface area contributed by atoms with Crippen LogP contribution in [0.4, 0.5) is 4.79 Å². The molecule has 17 heteroatoms. The topological polar surface area (TPSA) is 188 Å². The maximum Gasteiger partial charge on any atom is 0.409 e. The van der Waals surface area contributed by atoms with Gasteiger partial charge in [-0.15, -0.1) is 0 Å². The number of nitrogens with zero attached hydrogens (tertiary/aromatic N) is 1. The lowest BCUT2D eigenvalue weighted by Gasteiger charge is -2.19. The standard InChI is InChI=1S/C40H60N2O15/c1-42(40(46)57-30-37-35-8-4-2-6-33(35)34-7-3-5-9-36(34)37)11-13-48-15-17-50-19-21-52-23-25-54-27-29-55-28-26-53-24-22-51-20-18-49-16-14-47-12-10-41-38(43)31-56-32-39(44)45/h2-9,37H,10-32H2,1H3,(H,41,43)(H,44,45). The van der Waals surface area contributed by atoms with Crippen LogP contribution in [-0.2, 0) is 61.7 Å². The highest BCUT2D eigenvalue weighted by atomic mass is 16.6. The number of aliphatic carboxylic acids is 1. The molecule has 320 valence electrons. The Morgan fingerprint density at radius 3 is 1.35 bits per heavy atom. The van der Waals surface area contributed by atoms with Crippen molar-refractivity contribution in [3.05, 3.63) is 59.7 Å². The first-order chi connectivity index (χ1) is 28.0. The minimum absolute atomic E-state index is 0.0296. The van der Waals surface area contributed by atoms with Crippen LogP contribution in [0.5, 0.6) is 0 Å². The average Bonchev–Trinajstić information content (AvgIpc) is 3.53. The summed E-state index contributed by atoms with van der Waals surface area (Å²) in [7, 11) is 1.70. The summed E-state index contributed by atoms with van der Waals surface area (Å²) in [5, 5.41) is 11.0. The van der Waals surface area contributed by atoms with Gasteiger partial charge in [0.2, 0.25) is 5.91 Å². The molecule has 0 fully saturated rings. The molecule has 0 aliphatic heterocycles. The number of fused-ring (bicyclic) bond motifs is 3. The van der Waals surface area contributed by atoms with Crippen LogP contribution in [0.1, 0.15) is 17.0 Å². The molecule has 2 aromatic carbocycles. The number of carbonyl (C=O) groups excluding carboxylic acids is 2. The van der Waals surface area contributed by atoms with Crippen molar-refractivity contribution in [2.45, 2.75) is 5.92 Å². The summed E-state index contributed by atoms with van der Waals surface area (Å²) in [6.07, 6.45) is -0.374. The molecular weight excluding hydrogens is 748 g/mol. The molecule has 1 aliphatic rings. The van der Waals surface area contributed by atoms with E-state index in [9.17, 15) is 14.4 Å². The van der Waals surface area contributed by atoms with Crippen molar-refractivity contribution in [2.24, 2.45) is 0 Å². The van der Waals surface area contributed by atoms with Crippen LogP contribution in [0.25, 0.3) is 11.1 Å². The average molecular weight is 809 g/mol. The monoisotopic (exact) mass is 808 g/mol. The fraction of sp³-hybridized carbons (Fsp3) is 0.625. The van der Waals surface area contributed by atoms with E-state index in [1.165, 1.54) is 27.2 Å². The smallest absolute Gasteiger partial charge is 0.409 e. The van der Waals surface area contributed by atoms with E-state index < -0.39 is 18.5 Å². The van der Waals surface area contributed by atoms with E-state index in [1.54, 1.807) is 7.05 Å². The van der Waals surface area contributed by atoms with Gasteiger partial charge in [-0.2, -0.15) is 0 Å². The van der Waals surface area contributed by atoms with Crippen LogP contribution >= 0.6 is 0 Å². The van der Waals surface area contributed by atoms with Gasteiger partial charge in [0.1, 0.15) is 19.8 Å². The number of benzene rings is 2. The molecule has 2 N–H and O–H groups in total. The van der Waals surface area contributed by atoms with E-state index in [4.69, 9.17) is 52.5 Å². The van der Waals surface area contributed by atoms with E-state index in [1.807, 2.05) is 24.3 Å². The molecule has 57 heavy (non-hydrogen) atoms. The van der Waals surface area contributed by atoms with Gasteiger partial charge < -0.3 is 67.4 Å². The highest BCUT2D eigenvalue weighted by molar-refractivity contribution is 5.79. The second kappa shape index (κ2) is 31.3. The number of hydrogen-bond acceptors (Lipinski definition) is 14. The Balaban J connectivity index is 0.967. The first-order valence-electron chi connectivity index (χ1n) is 19.3. The minimum atomic E-state index is -1.13. The number of ether oxygens (including phenoxy) is 11. The Morgan fingerprint density at radius 2 is 0.930 bits per heavy atom. The molecule has 3 rings (SSSR count). The fourth-order valence-corrected chi connectivity index (χ4v) is 5.40. The van der Waals surface area contributed by atoms with Crippen LogP contribution in [0.2, 0.25) is 0 Å². The third kappa shape index (κ3) is 21.5. The Labute approximate surface area is 335 Å². The van der Waals surface area contributed by atoms with Crippen LogP contribution in [0.15, 0.2) is 48.5 Å². The van der Waals surface area contributed by atoms with Crippen molar-refractivity contribution in [3.63, 3.8) is 0 Å². The van der Waals surface area contributed by atoms with Crippen LogP contribution in [0, 0.1) is 0 Å².